The Morgan fingerprint density at radius 2 is 2.03 bits per heavy atom. The van der Waals surface area contributed by atoms with E-state index in [4.69, 9.17) is 0 Å². The van der Waals surface area contributed by atoms with Crippen LogP contribution in [0.15, 0.2) is 36.0 Å². The minimum atomic E-state index is -3.71. The molecule has 0 saturated heterocycles. The fourth-order valence-electron chi connectivity index (χ4n) is 2.54. The van der Waals surface area contributed by atoms with Crippen LogP contribution < -0.4 is 25.4 Å². The standard InChI is InChI=1S/C17H14F2N6O3S/c1-20-16-21-5-4-10(25-16)7-22-14-13(29-8-23-14)15(26)24-9-2-3-11-12(6-9)28-17(18,19)27-11/h2-6,8,22H,7H2,1H3,(H,24,26)(H,20,21,25). The molecule has 0 unspecified atom stereocenters. The van der Waals surface area contributed by atoms with Crippen LogP contribution in [0.1, 0.15) is 15.4 Å². The number of anilines is 3. The van der Waals surface area contributed by atoms with Crippen molar-refractivity contribution in [2.24, 2.45) is 0 Å². The largest absolute Gasteiger partial charge is 0.586 e. The maximum Gasteiger partial charge on any atom is 0.586 e. The third-order valence-corrected chi connectivity index (χ3v) is 4.63. The number of rotatable bonds is 6. The summed E-state index contributed by atoms with van der Waals surface area (Å²) in [5, 5.41) is 8.54. The van der Waals surface area contributed by atoms with Gasteiger partial charge in [0, 0.05) is 25.0 Å². The monoisotopic (exact) mass is 420 g/mol. The molecule has 1 aliphatic rings. The van der Waals surface area contributed by atoms with Gasteiger partial charge in [-0.05, 0) is 18.2 Å². The number of aromatic nitrogens is 3. The Hall–Kier alpha value is -3.54. The lowest BCUT2D eigenvalue weighted by Crippen LogP contribution is -2.25. The number of hydrogen-bond acceptors (Lipinski definition) is 9. The Labute approximate surface area is 167 Å². The highest BCUT2D eigenvalue weighted by atomic mass is 32.1. The minimum Gasteiger partial charge on any atom is -0.395 e. The van der Waals surface area contributed by atoms with Crippen molar-refractivity contribution in [1.29, 1.82) is 0 Å². The zero-order valence-corrected chi connectivity index (χ0v) is 15.7. The molecule has 9 nitrogen and oxygen atoms in total. The van der Waals surface area contributed by atoms with Gasteiger partial charge in [-0.15, -0.1) is 20.1 Å². The molecule has 0 bridgehead atoms. The van der Waals surface area contributed by atoms with E-state index in [-0.39, 0.29) is 17.2 Å². The molecule has 3 heterocycles. The van der Waals surface area contributed by atoms with Gasteiger partial charge in [0.25, 0.3) is 5.91 Å². The van der Waals surface area contributed by atoms with E-state index in [0.29, 0.717) is 28.9 Å². The molecule has 4 rings (SSSR count). The minimum absolute atomic E-state index is 0.0982. The number of nitrogens with one attached hydrogen (secondary N) is 3. The van der Waals surface area contributed by atoms with Gasteiger partial charge in [0.05, 0.1) is 17.7 Å². The van der Waals surface area contributed by atoms with Crippen molar-refractivity contribution in [3.8, 4) is 11.5 Å². The first kappa shape index (κ1) is 18.8. The number of fused-ring (bicyclic) bond motifs is 1. The lowest BCUT2D eigenvalue weighted by atomic mass is 10.2. The van der Waals surface area contributed by atoms with E-state index in [9.17, 15) is 13.6 Å². The Morgan fingerprint density at radius 1 is 1.21 bits per heavy atom. The average Bonchev–Trinajstić information content (AvgIpc) is 3.28. The predicted octanol–water partition coefficient (Wildman–Crippen LogP) is 3.16. The van der Waals surface area contributed by atoms with E-state index in [1.807, 2.05) is 0 Å². The molecule has 0 radical (unpaired) electrons. The number of thiazole rings is 1. The van der Waals surface area contributed by atoms with Gasteiger partial charge in [0.1, 0.15) is 10.7 Å². The van der Waals surface area contributed by atoms with E-state index >= 15 is 0 Å². The molecular formula is C17H14F2N6O3S. The van der Waals surface area contributed by atoms with Gasteiger partial charge in [0.15, 0.2) is 11.5 Å². The van der Waals surface area contributed by atoms with Crippen LogP contribution in [0, 0.1) is 0 Å². The second-order valence-electron chi connectivity index (χ2n) is 5.79. The van der Waals surface area contributed by atoms with Crippen LogP contribution in [-0.2, 0) is 6.54 Å². The molecule has 0 spiro atoms. The number of alkyl halides is 2. The third-order valence-electron chi connectivity index (χ3n) is 3.81. The molecule has 12 heteroatoms. The quantitative estimate of drug-likeness (QED) is 0.558. The number of nitrogens with zero attached hydrogens (tertiary/aromatic N) is 3. The summed E-state index contributed by atoms with van der Waals surface area (Å²) >= 11 is 1.14. The van der Waals surface area contributed by atoms with Crippen molar-refractivity contribution in [3.63, 3.8) is 0 Å². The SMILES string of the molecule is CNc1nccc(CNc2ncsc2C(=O)Nc2ccc3c(c2)OC(F)(F)O3)n1. The van der Waals surface area contributed by atoms with Crippen LogP contribution in [0.2, 0.25) is 0 Å². The van der Waals surface area contributed by atoms with Crippen LogP contribution in [0.3, 0.4) is 0 Å². The highest BCUT2D eigenvalue weighted by Crippen LogP contribution is 2.42. The van der Waals surface area contributed by atoms with Crippen LogP contribution >= 0.6 is 11.3 Å². The van der Waals surface area contributed by atoms with Crippen molar-refractivity contribution in [1.82, 2.24) is 15.0 Å². The summed E-state index contributed by atoms with van der Waals surface area (Å²) in [5.41, 5.74) is 2.51. The van der Waals surface area contributed by atoms with Crippen molar-refractivity contribution >= 4 is 34.7 Å². The molecule has 2 aromatic heterocycles. The summed E-state index contributed by atoms with van der Waals surface area (Å²) in [6.07, 6.45) is -2.10. The second kappa shape index (κ2) is 7.47. The van der Waals surface area contributed by atoms with E-state index in [1.165, 1.54) is 23.7 Å². The predicted molar refractivity (Wildman–Crippen MR) is 102 cm³/mol. The van der Waals surface area contributed by atoms with Crippen LogP contribution in [0.4, 0.5) is 26.2 Å². The van der Waals surface area contributed by atoms with Crippen molar-refractivity contribution < 1.29 is 23.0 Å². The summed E-state index contributed by atoms with van der Waals surface area (Å²) in [4.78, 5) is 25.4. The Balaban J connectivity index is 1.43. The number of benzene rings is 1. The average molecular weight is 420 g/mol. The highest BCUT2D eigenvalue weighted by molar-refractivity contribution is 7.12. The molecule has 1 aromatic carbocycles. The first-order valence-electron chi connectivity index (χ1n) is 8.32. The van der Waals surface area contributed by atoms with Gasteiger partial charge in [-0.3, -0.25) is 4.79 Å². The van der Waals surface area contributed by atoms with Gasteiger partial charge < -0.3 is 25.4 Å². The fourth-order valence-corrected chi connectivity index (χ4v) is 3.20. The van der Waals surface area contributed by atoms with Crippen LogP contribution in [0.5, 0.6) is 11.5 Å². The summed E-state index contributed by atoms with van der Waals surface area (Å²) < 4.78 is 35.0. The molecular weight excluding hydrogens is 406 g/mol. The van der Waals surface area contributed by atoms with Gasteiger partial charge in [-0.25, -0.2) is 15.0 Å². The third kappa shape index (κ3) is 4.16. The Kier molecular flexibility index (Phi) is 4.84. The number of amides is 1. The zero-order chi connectivity index (χ0) is 20.4. The highest BCUT2D eigenvalue weighted by Gasteiger charge is 2.43. The molecule has 150 valence electrons. The van der Waals surface area contributed by atoms with E-state index in [1.54, 1.807) is 19.3 Å². The van der Waals surface area contributed by atoms with Gasteiger partial charge >= 0.3 is 6.29 Å². The number of ether oxygens (including phenoxy) is 2. The number of carbonyl (C=O) groups excluding carboxylic acids is 1. The topological polar surface area (TPSA) is 110 Å². The van der Waals surface area contributed by atoms with Crippen molar-refractivity contribution in [2.75, 3.05) is 23.0 Å². The number of hydrogen-bond donors (Lipinski definition) is 3. The Morgan fingerprint density at radius 3 is 2.86 bits per heavy atom. The van der Waals surface area contributed by atoms with Gasteiger partial charge in [-0.1, -0.05) is 0 Å². The normalized spacial score (nSPS) is 13.8. The smallest absolute Gasteiger partial charge is 0.395 e. The molecule has 0 atom stereocenters. The van der Waals surface area contributed by atoms with Gasteiger partial charge in [-0.2, -0.15) is 0 Å². The molecule has 0 saturated carbocycles. The fraction of sp³-hybridized carbons (Fsp3) is 0.176. The lowest BCUT2D eigenvalue weighted by Gasteiger charge is -2.08. The first-order chi connectivity index (χ1) is 13.9. The summed E-state index contributed by atoms with van der Waals surface area (Å²) in [6.45, 7) is 0.334. The Bertz CT molecular complexity index is 1060. The van der Waals surface area contributed by atoms with Crippen molar-refractivity contribution in [3.05, 3.63) is 46.5 Å². The molecule has 0 aliphatic carbocycles. The molecule has 0 fully saturated rings. The van der Waals surface area contributed by atoms with E-state index < -0.39 is 12.2 Å². The molecule has 1 amide bonds. The summed E-state index contributed by atoms with van der Waals surface area (Å²) in [5.74, 6) is 0.163. The van der Waals surface area contributed by atoms with E-state index in [0.717, 1.165) is 11.3 Å². The van der Waals surface area contributed by atoms with Gasteiger partial charge in [0.2, 0.25) is 5.95 Å². The van der Waals surface area contributed by atoms with Crippen molar-refractivity contribution in [2.45, 2.75) is 12.8 Å². The maximum atomic E-state index is 13.1. The maximum absolute atomic E-state index is 13.1. The molecule has 3 aromatic rings. The zero-order valence-electron chi connectivity index (χ0n) is 14.9. The van der Waals surface area contributed by atoms with E-state index in [2.05, 4.69) is 40.4 Å². The number of carbonyl (C=O) groups is 1. The summed E-state index contributed by atoms with van der Waals surface area (Å²) in [6, 6.07) is 5.74. The first-order valence-corrected chi connectivity index (χ1v) is 9.20. The second-order valence-corrected chi connectivity index (χ2v) is 6.64. The van der Waals surface area contributed by atoms with Crippen LogP contribution in [-0.4, -0.2) is 34.2 Å². The number of halogens is 2. The molecule has 3 N–H and O–H groups in total. The van der Waals surface area contributed by atoms with Crippen LogP contribution in [0.25, 0.3) is 0 Å². The summed E-state index contributed by atoms with van der Waals surface area (Å²) in [7, 11) is 1.71. The lowest BCUT2D eigenvalue weighted by molar-refractivity contribution is -0.286. The molecule has 1 aliphatic heterocycles. The molecule has 29 heavy (non-hydrogen) atoms.